The molecular formula is C25H21ClN2O3. The molecule has 1 fully saturated rings. The zero-order valence-electron chi connectivity index (χ0n) is 17.4. The molecule has 2 aromatic carbocycles. The molecule has 5 nitrogen and oxygen atoms in total. The van der Waals surface area contributed by atoms with E-state index in [1.807, 2.05) is 39.0 Å². The predicted molar refractivity (Wildman–Crippen MR) is 121 cm³/mol. The van der Waals surface area contributed by atoms with Gasteiger partial charge in [-0.1, -0.05) is 41.4 Å². The third-order valence-corrected chi connectivity index (χ3v) is 5.76. The molecule has 2 heterocycles. The lowest BCUT2D eigenvalue weighted by Crippen LogP contribution is -2.30. The summed E-state index contributed by atoms with van der Waals surface area (Å²) in [7, 11) is 0. The number of nitrogens with zero attached hydrogens (tertiary/aromatic N) is 2. The van der Waals surface area contributed by atoms with Crippen LogP contribution in [0.1, 0.15) is 33.9 Å². The van der Waals surface area contributed by atoms with E-state index in [0.717, 1.165) is 16.7 Å². The minimum absolute atomic E-state index is 0.0334. The summed E-state index contributed by atoms with van der Waals surface area (Å²) in [5.41, 5.74) is 4.22. The lowest BCUT2D eigenvalue weighted by atomic mass is 9.94. The summed E-state index contributed by atoms with van der Waals surface area (Å²) >= 11 is 6.21. The van der Waals surface area contributed by atoms with Gasteiger partial charge >= 0.3 is 0 Å². The van der Waals surface area contributed by atoms with Gasteiger partial charge < -0.3 is 5.11 Å². The van der Waals surface area contributed by atoms with Crippen LogP contribution < -0.4 is 4.90 Å². The zero-order valence-corrected chi connectivity index (χ0v) is 18.1. The molecule has 4 rings (SSSR count). The Morgan fingerprint density at radius 2 is 1.77 bits per heavy atom. The molecule has 0 radical (unpaired) electrons. The Morgan fingerprint density at radius 3 is 2.48 bits per heavy atom. The van der Waals surface area contributed by atoms with Crippen molar-refractivity contribution in [2.45, 2.75) is 26.8 Å². The van der Waals surface area contributed by atoms with Crippen LogP contribution in [0.15, 0.2) is 66.5 Å². The number of rotatable bonds is 3. The molecule has 1 amide bonds. The van der Waals surface area contributed by atoms with Crippen LogP contribution in [0, 0.1) is 20.8 Å². The van der Waals surface area contributed by atoms with Crippen molar-refractivity contribution in [2.24, 2.45) is 0 Å². The normalized spacial score (nSPS) is 17.9. The molecular weight excluding hydrogens is 412 g/mol. The van der Waals surface area contributed by atoms with Crippen LogP contribution >= 0.6 is 11.6 Å². The first-order valence-corrected chi connectivity index (χ1v) is 10.2. The Labute approximate surface area is 185 Å². The molecule has 1 aromatic heterocycles. The van der Waals surface area contributed by atoms with Gasteiger partial charge in [0.1, 0.15) is 5.76 Å². The smallest absolute Gasteiger partial charge is 0.300 e. The fourth-order valence-corrected chi connectivity index (χ4v) is 4.08. The van der Waals surface area contributed by atoms with E-state index in [4.69, 9.17) is 11.6 Å². The van der Waals surface area contributed by atoms with Gasteiger partial charge in [0.25, 0.3) is 11.7 Å². The summed E-state index contributed by atoms with van der Waals surface area (Å²) in [5.74, 6) is -1.66. The molecule has 1 aliphatic heterocycles. The second-order valence-corrected chi connectivity index (χ2v) is 8.14. The summed E-state index contributed by atoms with van der Waals surface area (Å²) in [6.07, 6.45) is 3.21. The maximum Gasteiger partial charge on any atom is 0.300 e. The van der Waals surface area contributed by atoms with Crippen molar-refractivity contribution in [1.82, 2.24) is 4.98 Å². The average Bonchev–Trinajstić information content (AvgIpc) is 3.02. The van der Waals surface area contributed by atoms with Gasteiger partial charge in [-0.15, -0.1) is 0 Å². The van der Waals surface area contributed by atoms with E-state index in [1.165, 1.54) is 4.90 Å². The quantitative estimate of drug-likeness (QED) is 0.347. The average molecular weight is 433 g/mol. The number of pyridine rings is 1. The van der Waals surface area contributed by atoms with Crippen LogP contribution in [0.3, 0.4) is 0 Å². The van der Waals surface area contributed by atoms with Crippen LogP contribution in [0.25, 0.3) is 5.76 Å². The Hall–Kier alpha value is -3.44. The maximum absolute atomic E-state index is 13.2. The van der Waals surface area contributed by atoms with Gasteiger partial charge in [0.15, 0.2) is 0 Å². The van der Waals surface area contributed by atoms with E-state index in [1.54, 1.807) is 42.7 Å². The largest absolute Gasteiger partial charge is 0.507 e. The van der Waals surface area contributed by atoms with Gasteiger partial charge in [-0.05, 0) is 61.7 Å². The second-order valence-electron chi connectivity index (χ2n) is 7.70. The second kappa shape index (κ2) is 8.00. The number of amides is 1. The van der Waals surface area contributed by atoms with Crippen molar-refractivity contribution >= 4 is 34.7 Å². The number of carbonyl (C=O) groups is 2. The summed E-state index contributed by atoms with van der Waals surface area (Å²) in [5, 5.41) is 11.7. The van der Waals surface area contributed by atoms with Gasteiger partial charge in [0.2, 0.25) is 0 Å². The van der Waals surface area contributed by atoms with E-state index in [-0.39, 0.29) is 11.3 Å². The summed E-state index contributed by atoms with van der Waals surface area (Å²) < 4.78 is 0. The Kier molecular flexibility index (Phi) is 5.38. The SMILES string of the molecule is Cc1ccc(C)c(/C(O)=C2\C(=O)C(=O)N(c3cc(Cl)ccc3C)C2c2cccnc2)c1. The molecule has 0 bridgehead atoms. The number of Topliss-reactive ketones (excluding diaryl/α,β-unsaturated/α-hetero) is 1. The number of ketones is 1. The van der Waals surface area contributed by atoms with Crippen molar-refractivity contribution in [3.63, 3.8) is 0 Å². The van der Waals surface area contributed by atoms with Crippen LogP contribution in [0.2, 0.25) is 5.02 Å². The van der Waals surface area contributed by atoms with E-state index in [0.29, 0.717) is 21.8 Å². The molecule has 1 aliphatic rings. The highest BCUT2D eigenvalue weighted by Crippen LogP contribution is 2.43. The van der Waals surface area contributed by atoms with Crippen molar-refractivity contribution in [1.29, 1.82) is 0 Å². The highest BCUT2D eigenvalue weighted by Gasteiger charge is 2.47. The zero-order chi connectivity index (χ0) is 22.3. The number of halogens is 1. The molecule has 0 saturated carbocycles. The Balaban J connectivity index is 2.01. The fraction of sp³-hybridized carbons (Fsp3) is 0.160. The minimum atomic E-state index is -0.828. The number of aliphatic hydroxyl groups is 1. The number of aryl methyl sites for hydroxylation is 3. The van der Waals surface area contributed by atoms with Crippen molar-refractivity contribution < 1.29 is 14.7 Å². The number of carbonyl (C=O) groups excluding carboxylic acids is 2. The third kappa shape index (κ3) is 3.62. The third-order valence-electron chi connectivity index (χ3n) is 5.52. The number of anilines is 1. The summed E-state index contributed by atoms with van der Waals surface area (Å²) in [6, 6.07) is 13.5. The van der Waals surface area contributed by atoms with Crippen molar-refractivity contribution in [3.8, 4) is 0 Å². The van der Waals surface area contributed by atoms with E-state index in [2.05, 4.69) is 4.98 Å². The molecule has 1 atom stereocenters. The molecule has 0 aliphatic carbocycles. The van der Waals surface area contributed by atoms with E-state index in [9.17, 15) is 14.7 Å². The lowest BCUT2D eigenvalue weighted by Gasteiger charge is -2.26. The molecule has 0 spiro atoms. The maximum atomic E-state index is 13.2. The Bertz CT molecular complexity index is 1230. The highest BCUT2D eigenvalue weighted by molar-refractivity contribution is 6.52. The minimum Gasteiger partial charge on any atom is -0.507 e. The van der Waals surface area contributed by atoms with Crippen LogP contribution in [0.4, 0.5) is 5.69 Å². The van der Waals surface area contributed by atoms with E-state index < -0.39 is 17.7 Å². The van der Waals surface area contributed by atoms with Crippen LogP contribution in [0.5, 0.6) is 0 Å². The summed E-state index contributed by atoms with van der Waals surface area (Å²) in [4.78, 5) is 32.0. The first kappa shape index (κ1) is 20.8. The Morgan fingerprint density at radius 1 is 1.03 bits per heavy atom. The number of benzene rings is 2. The molecule has 6 heteroatoms. The number of hydrogen-bond acceptors (Lipinski definition) is 4. The van der Waals surface area contributed by atoms with Crippen LogP contribution in [-0.2, 0) is 9.59 Å². The predicted octanol–water partition coefficient (Wildman–Crippen LogP) is 5.29. The van der Waals surface area contributed by atoms with Gasteiger partial charge in [0.05, 0.1) is 11.6 Å². The van der Waals surface area contributed by atoms with Crippen LogP contribution in [-0.4, -0.2) is 21.8 Å². The van der Waals surface area contributed by atoms with Crippen molar-refractivity contribution in [3.05, 3.63) is 99.3 Å². The topological polar surface area (TPSA) is 70.5 Å². The lowest BCUT2D eigenvalue weighted by molar-refractivity contribution is -0.132. The molecule has 31 heavy (non-hydrogen) atoms. The number of aromatic nitrogens is 1. The molecule has 156 valence electrons. The van der Waals surface area contributed by atoms with Gasteiger partial charge in [-0.3, -0.25) is 19.5 Å². The fourth-order valence-electron chi connectivity index (χ4n) is 3.91. The van der Waals surface area contributed by atoms with Gasteiger partial charge in [0, 0.05) is 28.7 Å². The summed E-state index contributed by atoms with van der Waals surface area (Å²) in [6.45, 7) is 5.60. The van der Waals surface area contributed by atoms with E-state index >= 15 is 0 Å². The number of hydrogen-bond donors (Lipinski definition) is 1. The monoisotopic (exact) mass is 432 g/mol. The molecule has 3 aromatic rings. The molecule has 1 saturated heterocycles. The van der Waals surface area contributed by atoms with Crippen molar-refractivity contribution in [2.75, 3.05) is 4.90 Å². The van der Waals surface area contributed by atoms with Gasteiger partial charge in [-0.2, -0.15) is 0 Å². The number of aliphatic hydroxyl groups excluding tert-OH is 1. The first-order valence-electron chi connectivity index (χ1n) is 9.84. The molecule has 1 N–H and O–H groups in total. The van der Waals surface area contributed by atoms with Gasteiger partial charge in [-0.25, -0.2) is 0 Å². The first-order chi connectivity index (χ1) is 14.8. The molecule has 1 unspecified atom stereocenters. The standard InChI is InChI=1S/C25H21ClN2O3/c1-14-6-7-15(2)19(11-14)23(29)21-22(17-5-4-10-27-13-17)28(25(31)24(21)30)20-12-18(26)9-8-16(20)3/h4-13,22,29H,1-3H3/b23-21+. The highest BCUT2D eigenvalue weighted by atomic mass is 35.5.